The summed E-state index contributed by atoms with van der Waals surface area (Å²) in [4.78, 5) is 0. The molecular weight excluding hydrogens is 246 g/mol. The van der Waals surface area contributed by atoms with Crippen LogP contribution in [0.2, 0.25) is 0 Å². The van der Waals surface area contributed by atoms with Crippen LogP contribution in [0.3, 0.4) is 0 Å². The van der Waals surface area contributed by atoms with Crippen molar-refractivity contribution >= 4 is 21.7 Å². The molecule has 4 nitrogen and oxygen atoms in total. The summed E-state index contributed by atoms with van der Waals surface area (Å²) in [6, 6.07) is 3.78. The van der Waals surface area contributed by atoms with Crippen LogP contribution in [0.1, 0.15) is 5.76 Å². The van der Waals surface area contributed by atoms with Crippen LogP contribution in [0.5, 0.6) is 0 Å². The Bertz CT molecular complexity index is 421. The van der Waals surface area contributed by atoms with Crippen LogP contribution in [0.25, 0.3) is 0 Å². The Hall–Kier alpha value is -1.23. The molecule has 2 heterocycles. The van der Waals surface area contributed by atoms with Gasteiger partial charge in [-0.05, 0) is 22.0 Å². The molecule has 0 fully saturated rings. The maximum atomic E-state index is 5.25. The van der Waals surface area contributed by atoms with E-state index in [9.17, 15) is 0 Å². The highest BCUT2D eigenvalue weighted by atomic mass is 79.9. The highest BCUT2D eigenvalue weighted by Crippen LogP contribution is 2.18. The molecule has 0 saturated carbocycles. The standard InChI is InChI=1S/C9H10BrN3O/c1-13-4-2-9(12-13)11-6-8-7(10)3-5-14-8/h2-5H,6H2,1H3,(H,11,12). The molecule has 0 bridgehead atoms. The molecule has 2 rings (SSSR count). The lowest BCUT2D eigenvalue weighted by Crippen LogP contribution is -2.00. The zero-order valence-electron chi connectivity index (χ0n) is 7.70. The van der Waals surface area contributed by atoms with Crippen molar-refractivity contribution in [2.24, 2.45) is 7.05 Å². The first kappa shape index (κ1) is 9.33. The van der Waals surface area contributed by atoms with Crippen molar-refractivity contribution in [2.45, 2.75) is 6.54 Å². The topological polar surface area (TPSA) is 43.0 Å². The minimum absolute atomic E-state index is 0.630. The minimum atomic E-state index is 0.630. The van der Waals surface area contributed by atoms with E-state index in [4.69, 9.17) is 4.42 Å². The molecule has 0 aromatic carbocycles. The Morgan fingerprint density at radius 3 is 3.00 bits per heavy atom. The third-order valence-electron chi connectivity index (χ3n) is 1.83. The molecule has 0 spiro atoms. The number of halogens is 1. The van der Waals surface area contributed by atoms with Crippen LogP contribution in [0.15, 0.2) is 33.5 Å². The highest BCUT2D eigenvalue weighted by Gasteiger charge is 2.03. The summed E-state index contributed by atoms with van der Waals surface area (Å²) >= 11 is 3.39. The molecule has 0 atom stereocenters. The number of nitrogens with zero attached hydrogens (tertiary/aromatic N) is 2. The summed E-state index contributed by atoms with van der Waals surface area (Å²) in [6.45, 7) is 0.630. The Morgan fingerprint density at radius 1 is 1.57 bits per heavy atom. The normalized spacial score (nSPS) is 10.4. The fraction of sp³-hybridized carbons (Fsp3) is 0.222. The van der Waals surface area contributed by atoms with Gasteiger partial charge in [0.15, 0.2) is 0 Å². The maximum absolute atomic E-state index is 5.25. The van der Waals surface area contributed by atoms with E-state index in [0.717, 1.165) is 16.1 Å². The number of nitrogens with one attached hydrogen (secondary N) is 1. The quantitative estimate of drug-likeness (QED) is 0.916. The summed E-state index contributed by atoms with van der Waals surface area (Å²) in [7, 11) is 1.88. The Morgan fingerprint density at radius 2 is 2.43 bits per heavy atom. The summed E-state index contributed by atoms with van der Waals surface area (Å²) in [5.74, 6) is 1.71. The number of hydrogen-bond acceptors (Lipinski definition) is 3. The first-order valence-corrected chi connectivity index (χ1v) is 5.00. The van der Waals surface area contributed by atoms with Crippen molar-refractivity contribution in [1.29, 1.82) is 0 Å². The van der Waals surface area contributed by atoms with E-state index >= 15 is 0 Å². The lowest BCUT2D eigenvalue weighted by Gasteiger charge is -1.99. The predicted molar refractivity (Wildman–Crippen MR) is 56.9 cm³/mol. The molecular formula is C9H10BrN3O. The van der Waals surface area contributed by atoms with E-state index in [1.54, 1.807) is 10.9 Å². The zero-order valence-corrected chi connectivity index (χ0v) is 9.28. The molecule has 2 aromatic rings. The summed E-state index contributed by atoms with van der Waals surface area (Å²) in [6.07, 6.45) is 3.54. The minimum Gasteiger partial charge on any atom is -0.466 e. The van der Waals surface area contributed by atoms with Gasteiger partial charge in [-0.3, -0.25) is 4.68 Å². The Balaban J connectivity index is 1.98. The maximum Gasteiger partial charge on any atom is 0.148 e. The summed E-state index contributed by atoms with van der Waals surface area (Å²) in [5, 5.41) is 7.34. The second kappa shape index (κ2) is 3.88. The lowest BCUT2D eigenvalue weighted by molar-refractivity contribution is 0.515. The molecule has 5 heteroatoms. The van der Waals surface area contributed by atoms with Gasteiger partial charge in [-0.2, -0.15) is 5.10 Å². The number of furan rings is 1. The van der Waals surface area contributed by atoms with Gasteiger partial charge < -0.3 is 9.73 Å². The van der Waals surface area contributed by atoms with Crippen molar-refractivity contribution in [3.8, 4) is 0 Å². The molecule has 0 aliphatic rings. The van der Waals surface area contributed by atoms with Crippen LogP contribution >= 0.6 is 15.9 Å². The predicted octanol–water partition coefficient (Wildman–Crippen LogP) is 2.39. The fourth-order valence-corrected chi connectivity index (χ4v) is 1.47. The average molecular weight is 256 g/mol. The molecule has 74 valence electrons. The zero-order chi connectivity index (χ0) is 9.97. The van der Waals surface area contributed by atoms with Gasteiger partial charge >= 0.3 is 0 Å². The first-order valence-electron chi connectivity index (χ1n) is 4.21. The molecule has 0 unspecified atom stereocenters. The number of aromatic nitrogens is 2. The molecule has 0 aliphatic carbocycles. The molecule has 14 heavy (non-hydrogen) atoms. The lowest BCUT2D eigenvalue weighted by atomic mass is 10.4. The molecule has 0 aliphatic heterocycles. The fourth-order valence-electron chi connectivity index (χ4n) is 1.13. The second-order valence-corrected chi connectivity index (χ2v) is 3.77. The van der Waals surface area contributed by atoms with Crippen LogP contribution in [0.4, 0.5) is 5.82 Å². The Labute approximate surface area is 90.0 Å². The number of aryl methyl sites for hydroxylation is 1. The molecule has 0 radical (unpaired) electrons. The van der Waals surface area contributed by atoms with Gasteiger partial charge in [-0.1, -0.05) is 0 Å². The number of rotatable bonds is 3. The van der Waals surface area contributed by atoms with Gasteiger partial charge in [0.25, 0.3) is 0 Å². The van der Waals surface area contributed by atoms with Gasteiger partial charge in [0.05, 0.1) is 17.3 Å². The van der Waals surface area contributed by atoms with E-state index in [1.165, 1.54) is 0 Å². The van der Waals surface area contributed by atoms with Crippen LogP contribution in [-0.2, 0) is 13.6 Å². The van der Waals surface area contributed by atoms with Crippen molar-refractivity contribution in [3.63, 3.8) is 0 Å². The van der Waals surface area contributed by atoms with Gasteiger partial charge in [0.2, 0.25) is 0 Å². The first-order chi connectivity index (χ1) is 6.75. The average Bonchev–Trinajstić information content (AvgIpc) is 2.72. The van der Waals surface area contributed by atoms with E-state index < -0.39 is 0 Å². The molecule has 2 aromatic heterocycles. The molecule has 0 amide bonds. The molecule has 1 N–H and O–H groups in total. The number of anilines is 1. The summed E-state index contributed by atoms with van der Waals surface area (Å²) in [5.41, 5.74) is 0. The largest absolute Gasteiger partial charge is 0.466 e. The third kappa shape index (κ3) is 1.98. The second-order valence-electron chi connectivity index (χ2n) is 2.92. The van der Waals surface area contributed by atoms with Crippen LogP contribution in [0, 0.1) is 0 Å². The third-order valence-corrected chi connectivity index (χ3v) is 2.54. The van der Waals surface area contributed by atoms with Gasteiger partial charge in [-0.15, -0.1) is 0 Å². The Kier molecular flexibility index (Phi) is 2.58. The summed E-state index contributed by atoms with van der Waals surface area (Å²) < 4.78 is 7.97. The van der Waals surface area contributed by atoms with Crippen molar-refractivity contribution in [2.75, 3.05) is 5.32 Å². The van der Waals surface area contributed by atoms with Crippen molar-refractivity contribution in [1.82, 2.24) is 9.78 Å². The number of hydrogen-bond donors (Lipinski definition) is 1. The molecule has 0 saturated heterocycles. The van der Waals surface area contributed by atoms with Crippen molar-refractivity contribution < 1.29 is 4.42 Å². The van der Waals surface area contributed by atoms with Crippen LogP contribution < -0.4 is 5.32 Å². The SMILES string of the molecule is Cn1ccc(NCc2occc2Br)n1. The van der Waals surface area contributed by atoms with Crippen LogP contribution in [-0.4, -0.2) is 9.78 Å². The smallest absolute Gasteiger partial charge is 0.148 e. The van der Waals surface area contributed by atoms with Gasteiger partial charge in [0, 0.05) is 19.3 Å². The van der Waals surface area contributed by atoms with E-state index in [0.29, 0.717) is 6.54 Å². The van der Waals surface area contributed by atoms with E-state index in [-0.39, 0.29) is 0 Å². The monoisotopic (exact) mass is 255 g/mol. The van der Waals surface area contributed by atoms with E-state index in [1.807, 2.05) is 25.4 Å². The van der Waals surface area contributed by atoms with Gasteiger partial charge in [-0.25, -0.2) is 0 Å². The van der Waals surface area contributed by atoms with E-state index in [2.05, 4.69) is 26.3 Å². The highest BCUT2D eigenvalue weighted by molar-refractivity contribution is 9.10. The van der Waals surface area contributed by atoms with Crippen molar-refractivity contribution in [3.05, 3.63) is 34.8 Å². The van der Waals surface area contributed by atoms with Gasteiger partial charge in [0.1, 0.15) is 11.6 Å².